The maximum atomic E-state index is 4.53. The molecule has 82 valence electrons. The van der Waals surface area contributed by atoms with E-state index in [1.807, 2.05) is 7.05 Å². The van der Waals surface area contributed by atoms with Crippen LogP contribution in [-0.2, 0) is 12.8 Å². The Bertz CT molecular complexity index is 504. The second-order valence-corrected chi connectivity index (χ2v) is 3.78. The lowest BCUT2D eigenvalue weighted by Gasteiger charge is -2.07. The average molecular weight is 216 g/mol. The highest BCUT2D eigenvalue weighted by Crippen LogP contribution is 2.27. The number of H-pyrrole nitrogens is 1. The summed E-state index contributed by atoms with van der Waals surface area (Å²) in [5.74, 6) is 1.55. The molecule has 1 aliphatic carbocycles. The molecule has 0 saturated carbocycles. The number of aryl methyl sites for hydroxylation is 1. The Morgan fingerprint density at radius 3 is 3.00 bits per heavy atom. The number of nitrogens with one attached hydrogen (secondary N) is 2. The van der Waals surface area contributed by atoms with E-state index in [4.69, 9.17) is 0 Å². The van der Waals surface area contributed by atoms with Gasteiger partial charge >= 0.3 is 0 Å². The molecule has 0 spiro atoms. The first-order chi connectivity index (χ1) is 7.88. The first-order valence-corrected chi connectivity index (χ1v) is 5.32. The zero-order chi connectivity index (χ0) is 11.0. The number of hydrogen-bond donors (Lipinski definition) is 2. The average Bonchev–Trinajstić information content (AvgIpc) is 2.97. The van der Waals surface area contributed by atoms with Crippen LogP contribution in [0.15, 0.2) is 6.20 Å². The van der Waals surface area contributed by atoms with E-state index in [0.717, 1.165) is 30.8 Å². The number of aromatic nitrogens is 5. The van der Waals surface area contributed by atoms with Crippen molar-refractivity contribution in [2.75, 3.05) is 12.4 Å². The third-order valence-electron chi connectivity index (χ3n) is 2.81. The van der Waals surface area contributed by atoms with Crippen LogP contribution in [-0.4, -0.2) is 32.4 Å². The molecule has 2 heterocycles. The van der Waals surface area contributed by atoms with Crippen molar-refractivity contribution in [3.63, 3.8) is 0 Å². The summed E-state index contributed by atoms with van der Waals surface area (Å²) in [5, 5.41) is 13.5. The van der Waals surface area contributed by atoms with Crippen LogP contribution in [0.25, 0.3) is 11.5 Å². The Hall–Kier alpha value is -1.98. The van der Waals surface area contributed by atoms with Gasteiger partial charge in [-0.1, -0.05) is 0 Å². The summed E-state index contributed by atoms with van der Waals surface area (Å²) in [6, 6.07) is 0. The van der Waals surface area contributed by atoms with Crippen LogP contribution in [0.3, 0.4) is 0 Å². The minimum atomic E-state index is 0.638. The van der Waals surface area contributed by atoms with Crippen molar-refractivity contribution in [1.82, 2.24) is 25.4 Å². The predicted octanol–water partition coefficient (Wildman–Crippen LogP) is 0.792. The zero-order valence-electron chi connectivity index (χ0n) is 8.99. The van der Waals surface area contributed by atoms with Gasteiger partial charge in [0.1, 0.15) is 11.5 Å². The van der Waals surface area contributed by atoms with Crippen LogP contribution in [0.5, 0.6) is 0 Å². The van der Waals surface area contributed by atoms with Crippen LogP contribution in [0, 0.1) is 0 Å². The number of anilines is 1. The molecule has 0 amide bonds. The SMILES string of the molecule is CNc1nc(-c2cn[nH]n2)nc2c1CCC2. The van der Waals surface area contributed by atoms with Crippen molar-refractivity contribution in [2.24, 2.45) is 0 Å². The van der Waals surface area contributed by atoms with Gasteiger partial charge in [-0.05, 0) is 19.3 Å². The third-order valence-corrected chi connectivity index (χ3v) is 2.81. The van der Waals surface area contributed by atoms with Gasteiger partial charge in [-0.15, -0.1) is 0 Å². The fourth-order valence-corrected chi connectivity index (χ4v) is 2.06. The number of fused-ring (bicyclic) bond motifs is 1. The molecule has 6 heteroatoms. The molecule has 0 fully saturated rings. The maximum Gasteiger partial charge on any atom is 0.184 e. The lowest BCUT2D eigenvalue weighted by molar-refractivity contribution is 0.899. The van der Waals surface area contributed by atoms with Gasteiger partial charge in [0.15, 0.2) is 5.82 Å². The van der Waals surface area contributed by atoms with Gasteiger partial charge in [0.25, 0.3) is 0 Å². The summed E-state index contributed by atoms with van der Waals surface area (Å²) in [4.78, 5) is 8.99. The number of rotatable bonds is 2. The molecule has 16 heavy (non-hydrogen) atoms. The molecule has 0 bridgehead atoms. The lowest BCUT2D eigenvalue weighted by Crippen LogP contribution is -2.03. The van der Waals surface area contributed by atoms with Gasteiger partial charge in [-0.25, -0.2) is 9.97 Å². The number of aromatic amines is 1. The van der Waals surface area contributed by atoms with E-state index in [1.165, 1.54) is 5.56 Å². The van der Waals surface area contributed by atoms with Crippen molar-refractivity contribution in [3.8, 4) is 11.5 Å². The first kappa shape index (κ1) is 9.26. The Morgan fingerprint density at radius 2 is 2.25 bits per heavy atom. The summed E-state index contributed by atoms with van der Waals surface area (Å²) < 4.78 is 0. The molecular formula is C10H12N6. The van der Waals surface area contributed by atoms with Crippen molar-refractivity contribution >= 4 is 5.82 Å². The van der Waals surface area contributed by atoms with Crippen molar-refractivity contribution in [3.05, 3.63) is 17.5 Å². The molecule has 1 aliphatic rings. The molecule has 0 saturated heterocycles. The highest BCUT2D eigenvalue weighted by molar-refractivity contribution is 5.56. The van der Waals surface area contributed by atoms with E-state index in [1.54, 1.807) is 6.20 Å². The van der Waals surface area contributed by atoms with E-state index in [9.17, 15) is 0 Å². The molecule has 2 aromatic heterocycles. The molecule has 0 radical (unpaired) electrons. The normalized spacial score (nSPS) is 13.8. The highest BCUT2D eigenvalue weighted by Gasteiger charge is 2.19. The van der Waals surface area contributed by atoms with Gasteiger partial charge in [0.2, 0.25) is 0 Å². The quantitative estimate of drug-likeness (QED) is 0.776. The fourth-order valence-electron chi connectivity index (χ4n) is 2.06. The van der Waals surface area contributed by atoms with E-state index < -0.39 is 0 Å². The largest absolute Gasteiger partial charge is 0.373 e. The van der Waals surface area contributed by atoms with E-state index in [0.29, 0.717) is 11.5 Å². The maximum absolute atomic E-state index is 4.53. The van der Waals surface area contributed by atoms with Gasteiger partial charge < -0.3 is 5.32 Å². The van der Waals surface area contributed by atoms with Crippen molar-refractivity contribution in [2.45, 2.75) is 19.3 Å². The second kappa shape index (κ2) is 3.55. The molecule has 0 aliphatic heterocycles. The van der Waals surface area contributed by atoms with Gasteiger partial charge in [0, 0.05) is 18.3 Å². The van der Waals surface area contributed by atoms with Crippen LogP contribution in [0.2, 0.25) is 0 Å². The van der Waals surface area contributed by atoms with Crippen LogP contribution in [0.4, 0.5) is 5.82 Å². The molecule has 0 aromatic carbocycles. The van der Waals surface area contributed by atoms with E-state index in [-0.39, 0.29) is 0 Å². The van der Waals surface area contributed by atoms with Crippen molar-refractivity contribution < 1.29 is 0 Å². The summed E-state index contributed by atoms with van der Waals surface area (Å²) in [6.07, 6.45) is 4.87. The minimum Gasteiger partial charge on any atom is -0.373 e. The lowest BCUT2D eigenvalue weighted by atomic mass is 10.2. The van der Waals surface area contributed by atoms with Crippen LogP contribution < -0.4 is 5.32 Å². The third kappa shape index (κ3) is 1.34. The predicted molar refractivity (Wildman–Crippen MR) is 59.0 cm³/mol. The topological polar surface area (TPSA) is 79.4 Å². The molecule has 2 aromatic rings. The van der Waals surface area contributed by atoms with Crippen LogP contribution >= 0.6 is 0 Å². The molecule has 3 rings (SSSR count). The summed E-state index contributed by atoms with van der Waals surface area (Å²) in [5.41, 5.74) is 3.07. The summed E-state index contributed by atoms with van der Waals surface area (Å²) >= 11 is 0. The fraction of sp³-hybridized carbons (Fsp3) is 0.400. The second-order valence-electron chi connectivity index (χ2n) is 3.78. The summed E-state index contributed by atoms with van der Waals surface area (Å²) in [7, 11) is 1.88. The van der Waals surface area contributed by atoms with Crippen LogP contribution in [0.1, 0.15) is 17.7 Å². The Balaban J connectivity index is 2.15. The monoisotopic (exact) mass is 216 g/mol. The summed E-state index contributed by atoms with van der Waals surface area (Å²) in [6.45, 7) is 0. The van der Waals surface area contributed by atoms with Gasteiger partial charge in [0.05, 0.1) is 6.20 Å². The molecule has 2 N–H and O–H groups in total. The molecule has 6 nitrogen and oxygen atoms in total. The minimum absolute atomic E-state index is 0.638. The van der Waals surface area contributed by atoms with Gasteiger partial charge in [-0.3, -0.25) is 0 Å². The smallest absolute Gasteiger partial charge is 0.184 e. The highest BCUT2D eigenvalue weighted by atomic mass is 15.3. The first-order valence-electron chi connectivity index (χ1n) is 5.32. The number of hydrogen-bond acceptors (Lipinski definition) is 5. The Kier molecular flexibility index (Phi) is 2.05. The number of nitrogens with zero attached hydrogens (tertiary/aromatic N) is 4. The van der Waals surface area contributed by atoms with E-state index >= 15 is 0 Å². The zero-order valence-corrected chi connectivity index (χ0v) is 8.99. The Labute approximate surface area is 92.5 Å². The standard InChI is InChI=1S/C10H12N6/c1-11-9-6-3-2-4-7(6)13-10(14-9)8-5-12-16-15-8/h5H,2-4H2,1H3,(H,11,13,14)(H,12,15,16). The molecule has 0 atom stereocenters. The molecule has 0 unspecified atom stereocenters. The van der Waals surface area contributed by atoms with E-state index in [2.05, 4.69) is 30.7 Å². The van der Waals surface area contributed by atoms with Crippen molar-refractivity contribution in [1.29, 1.82) is 0 Å². The van der Waals surface area contributed by atoms with Gasteiger partial charge in [-0.2, -0.15) is 15.4 Å². The Morgan fingerprint density at radius 1 is 1.31 bits per heavy atom. The molecular weight excluding hydrogens is 204 g/mol.